The standard InChI is InChI=1S/C28H35N3O4/c1-5-6-13-30(4)27(32)21-11-14-31(15-12-21)28(33)24-16-22-9-7-8-10-23(22)17-26(24)34-18-25-19(2)29-35-20(25)3/h7-10,16-17,21H,5-6,11-15,18H2,1-4H3. The topological polar surface area (TPSA) is 75.9 Å². The third kappa shape index (κ3) is 5.50. The van der Waals surface area contributed by atoms with Gasteiger partial charge in [0.05, 0.1) is 16.8 Å². The molecule has 0 spiro atoms. The Morgan fingerprint density at radius 1 is 1.14 bits per heavy atom. The van der Waals surface area contributed by atoms with Crippen molar-refractivity contribution in [3.05, 3.63) is 59.0 Å². The van der Waals surface area contributed by atoms with Crippen LogP contribution in [0.4, 0.5) is 0 Å². The van der Waals surface area contributed by atoms with Gasteiger partial charge >= 0.3 is 0 Å². The van der Waals surface area contributed by atoms with Crippen LogP contribution in [0.1, 0.15) is 60.0 Å². The molecule has 35 heavy (non-hydrogen) atoms. The quantitative estimate of drug-likeness (QED) is 0.449. The van der Waals surface area contributed by atoms with E-state index in [2.05, 4.69) is 12.1 Å². The molecule has 0 saturated carbocycles. The smallest absolute Gasteiger partial charge is 0.257 e. The first-order valence-corrected chi connectivity index (χ1v) is 12.5. The van der Waals surface area contributed by atoms with E-state index >= 15 is 0 Å². The van der Waals surface area contributed by atoms with Crippen molar-refractivity contribution in [3.8, 4) is 5.75 Å². The van der Waals surface area contributed by atoms with E-state index in [1.165, 1.54) is 0 Å². The molecule has 1 aliphatic rings. The summed E-state index contributed by atoms with van der Waals surface area (Å²) in [6, 6.07) is 11.8. The van der Waals surface area contributed by atoms with Crippen LogP contribution in [0.3, 0.4) is 0 Å². The van der Waals surface area contributed by atoms with Gasteiger partial charge in [-0.05, 0) is 56.0 Å². The van der Waals surface area contributed by atoms with Gasteiger partial charge in [0.25, 0.3) is 5.91 Å². The van der Waals surface area contributed by atoms with Crippen molar-refractivity contribution in [3.63, 3.8) is 0 Å². The number of rotatable bonds is 8. The van der Waals surface area contributed by atoms with Gasteiger partial charge in [-0.15, -0.1) is 0 Å². The van der Waals surface area contributed by atoms with Crippen LogP contribution >= 0.6 is 0 Å². The first-order valence-electron chi connectivity index (χ1n) is 12.5. The molecule has 186 valence electrons. The molecule has 0 aliphatic carbocycles. The number of piperidine rings is 1. The Kier molecular flexibility index (Phi) is 7.73. The Morgan fingerprint density at radius 3 is 2.46 bits per heavy atom. The van der Waals surface area contributed by atoms with Crippen LogP contribution in [-0.4, -0.2) is 53.5 Å². The first kappa shape index (κ1) is 24.8. The van der Waals surface area contributed by atoms with Crippen LogP contribution in [0.5, 0.6) is 5.75 Å². The number of likely N-dealkylation sites (tertiary alicyclic amines) is 1. The Hall–Kier alpha value is -3.35. The minimum Gasteiger partial charge on any atom is -0.488 e. The normalized spacial score (nSPS) is 14.3. The lowest BCUT2D eigenvalue weighted by Crippen LogP contribution is -2.43. The molecule has 0 radical (unpaired) electrons. The minimum absolute atomic E-state index is 0.0206. The van der Waals surface area contributed by atoms with Crippen molar-refractivity contribution in [2.45, 2.75) is 53.1 Å². The maximum absolute atomic E-state index is 13.6. The number of ether oxygens (including phenoxy) is 1. The zero-order valence-electron chi connectivity index (χ0n) is 21.2. The molecule has 1 aliphatic heterocycles. The van der Waals surface area contributed by atoms with E-state index in [1.807, 2.05) is 67.1 Å². The molecule has 2 heterocycles. The molecule has 2 aromatic carbocycles. The fourth-order valence-electron chi connectivity index (χ4n) is 4.68. The summed E-state index contributed by atoms with van der Waals surface area (Å²) in [7, 11) is 1.88. The molecule has 7 heteroatoms. The first-order chi connectivity index (χ1) is 16.9. The van der Waals surface area contributed by atoms with Gasteiger partial charge < -0.3 is 19.1 Å². The highest BCUT2D eigenvalue weighted by atomic mass is 16.5. The molecule has 1 fully saturated rings. The number of carbonyl (C=O) groups excluding carboxylic acids is 2. The van der Waals surface area contributed by atoms with Crippen LogP contribution in [-0.2, 0) is 11.4 Å². The fraction of sp³-hybridized carbons (Fsp3) is 0.464. The second kappa shape index (κ2) is 10.9. The van der Waals surface area contributed by atoms with E-state index in [1.54, 1.807) is 0 Å². The van der Waals surface area contributed by atoms with Crippen LogP contribution in [0.2, 0.25) is 0 Å². The predicted molar refractivity (Wildman–Crippen MR) is 135 cm³/mol. The van der Waals surface area contributed by atoms with Gasteiger partial charge in [0.1, 0.15) is 18.1 Å². The number of aromatic nitrogens is 1. The van der Waals surface area contributed by atoms with Crippen LogP contribution in [0.15, 0.2) is 40.9 Å². The molecule has 3 aromatic rings. The molecule has 0 N–H and O–H groups in total. The van der Waals surface area contributed by atoms with Crippen LogP contribution in [0, 0.1) is 19.8 Å². The average molecular weight is 478 g/mol. The Balaban J connectivity index is 1.51. The summed E-state index contributed by atoms with van der Waals surface area (Å²) in [6.07, 6.45) is 3.45. The molecule has 4 rings (SSSR count). The van der Waals surface area contributed by atoms with Gasteiger partial charge in [0.15, 0.2) is 0 Å². The Labute approximate surface area is 207 Å². The van der Waals surface area contributed by atoms with E-state index in [-0.39, 0.29) is 24.3 Å². The van der Waals surface area contributed by atoms with Gasteiger partial charge in [-0.1, -0.05) is 42.8 Å². The van der Waals surface area contributed by atoms with E-state index in [0.717, 1.165) is 41.4 Å². The number of benzene rings is 2. The lowest BCUT2D eigenvalue weighted by molar-refractivity contribution is -0.135. The molecule has 0 unspecified atom stereocenters. The SMILES string of the molecule is CCCCN(C)C(=O)C1CCN(C(=O)c2cc3ccccc3cc2OCc2c(C)noc2C)CC1. The molecule has 0 bridgehead atoms. The second-order valence-electron chi connectivity index (χ2n) is 9.47. The Morgan fingerprint density at radius 2 is 1.83 bits per heavy atom. The number of amides is 2. The highest BCUT2D eigenvalue weighted by Crippen LogP contribution is 2.30. The third-order valence-corrected chi connectivity index (χ3v) is 6.99. The van der Waals surface area contributed by atoms with Crippen LogP contribution in [0.25, 0.3) is 10.8 Å². The monoisotopic (exact) mass is 477 g/mol. The molecule has 7 nitrogen and oxygen atoms in total. The number of nitrogens with zero attached hydrogens (tertiary/aromatic N) is 3. The van der Waals surface area contributed by atoms with Crippen molar-refractivity contribution in [2.75, 3.05) is 26.7 Å². The number of unbranched alkanes of at least 4 members (excludes halogenated alkanes) is 1. The van der Waals surface area contributed by atoms with Gasteiger partial charge in [-0.3, -0.25) is 9.59 Å². The van der Waals surface area contributed by atoms with E-state index in [9.17, 15) is 9.59 Å². The summed E-state index contributed by atoms with van der Waals surface area (Å²) in [6.45, 7) is 8.06. The summed E-state index contributed by atoms with van der Waals surface area (Å²) < 4.78 is 11.4. The number of aryl methyl sites for hydroxylation is 2. The van der Waals surface area contributed by atoms with Crippen molar-refractivity contribution >= 4 is 22.6 Å². The maximum atomic E-state index is 13.6. The van der Waals surface area contributed by atoms with E-state index in [0.29, 0.717) is 43.0 Å². The highest BCUT2D eigenvalue weighted by molar-refractivity contribution is 6.01. The highest BCUT2D eigenvalue weighted by Gasteiger charge is 2.30. The molecule has 1 saturated heterocycles. The van der Waals surface area contributed by atoms with E-state index < -0.39 is 0 Å². The molecule has 1 aromatic heterocycles. The zero-order chi connectivity index (χ0) is 24.9. The molecule has 2 amide bonds. The third-order valence-electron chi connectivity index (χ3n) is 6.99. The van der Waals surface area contributed by atoms with Crippen molar-refractivity contribution in [1.29, 1.82) is 0 Å². The van der Waals surface area contributed by atoms with Crippen molar-refractivity contribution in [1.82, 2.24) is 15.0 Å². The largest absolute Gasteiger partial charge is 0.488 e. The number of hydrogen-bond acceptors (Lipinski definition) is 5. The summed E-state index contributed by atoms with van der Waals surface area (Å²) in [5, 5.41) is 6.00. The second-order valence-corrected chi connectivity index (χ2v) is 9.47. The average Bonchev–Trinajstić information content (AvgIpc) is 3.21. The summed E-state index contributed by atoms with van der Waals surface area (Å²) in [5.41, 5.74) is 2.22. The number of hydrogen-bond donors (Lipinski definition) is 0. The summed E-state index contributed by atoms with van der Waals surface area (Å²) in [5.74, 6) is 1.38. The fourth-order valence-corrected chi connectivity index (χ4v) is 4.68. The van der Waals surface area contributed by atoms with Crippen LogP contribution < -0.4 is 4.74 Å². The van der Waals surface area contributed by atoms with Gasteiger partial charge in [-0.25, -0.2) is 0 Å². The van der Waals surface area contributed by atoms with Gasteiger partial charge in [0, 0.05) is 32.6 Å². The van der Waals surface area contributed by atoms with Crippen molar-refractivity contribution < 1.29 is 18.8 Å². The number of carbonyl (C=O) groups is 2. The summed E-state index contributed by atoms with van der Waals surface area (Å²) >= 11 is 0. The lowest BCUT2D eigenvalue weighted by atomic mass is 9.94. The molecular formula is C28H35N3O4. The molecular weight excluding hydrogens is 442 g/mol. The zero-order valence-corrected chi connectivity index (χ0v) is 21.2. The maximum Gasteiger partial charge on any atom is 0.257 e. The van der Waals surface area contributed by atoms with E-state index in [4.69, 9.17) is 9.26 Å². The summed E-state index contributed by atoms with van der Waals surface area (Å²) in [4.78, 5) is 30.1. The predicted octanol–water partition coefficient (Wildman–Crippen LogP) is 5.13. The Bertz CT molecular complexity index is 1170. The van der Waals surface area contributed by atoms with Crippen molar-refractivity contribution in [2.24, 2.45) is 5.92 Å². The number of fused-ring (bicyclic) bond motifs is 1. The van der Waals surface area contributed by atoms with Gasteiger partial charge in [-0.2, -0.15) is 0 Å². The van der Waals surface area contributed by atoms with Gasteiger partial charge in [0.2, 0.25) is 5.91 Å². The minimum atomic E-state index is -0.0604. The lowest BCUT2D eigenvalue weighted by Gasteiger charge is -2.33. The molecule has 0 atom stereocenters.